The van der Waals surface area contributed by atoms with Gasteiger partial charge >= 0.3 is 0 Å². The van der Waals surface area contributed by atoms with Gasteiger partial charge in [0.2, 0.25) is 5.89 Å². The molecule has 6 nitrogen and oxygen atoms in total. The predicted octanol–water partition coefficient (Wildman–Crippen LogP) is 2.75. The Labute approximate surface area is 141 Å². The number of aromatic nitrogens is 2. The molecule has 1 aromatic carbocycles. The van der Waals surface area contributed by atoms with Crippen LogP contribution < -0.4 is 10.6 Å². The van der Waals surface area contributed by atoms with Crippen LogP contribution in [-0.2, 0) is 13.0 Å². The monoisotopic (exact) mass is 335 g/mol. The van der Waals surface area contributed by atoms with E-state index in [0.717, 1.165) is 22.4 Å². The van der Waals surface area contributed by atoms with E-state index in [0.29, 0.717) is 25.4 Å². The lowest BCUT2D eigenvalue weighted by Gasteiger charge is -2.11. The highest BCUT2D eigenvalue weighted by atomic mass is 35.5. The molecule has 0 spiro atoms. The van der Waals surface area contributed by atoms with Gasteiger partial charge in [-0.25, -0.2) is 0 Å². The summed E-state index contributed by atoms with van der Waals surface area (Å²) in [5.74, 6) is 2.37. The highest BCUT2D eigenvalue weighted by Crippen LogP contribution is 2.10. The second kappa shape index (κ2) is 8.53. The first kappa shape index (κ1) is 17.3. The molecule has 0 amide bonds. The van der Waals surface area contributed by atoms with E-state index in [1.54, 1.807) is 7.05 Å². The molecule has 0 atom stereocenters. The molecule has 2 rings (SSSR count). The molecule has 7 heteroatoms. The molecule has 0 bridgehead atoms. The largest absolute Gasteiger partial charge is 0.356 e. The van der Waals surface area contributed by atoms with Gasteiger partial charge in [-0.3, -0.25) is 4.99 Å². The molecule has 0 radical (unpaired) electrons. The number of rotatable bonds is 6. The number of halogens is 1. The summed E-state index contributed by atoms with van der Waals surface area (Å²) in [6, 6.07) is 7.70. The topological polar surface area (TPSA) is 75.3 Å². The summed E-state index contributed by atoms with van der Waals surface area (Å²) in [7, 11) is 1.74. The highest BCUT2D eigenvalue weighted by Gasteiger charge is 2.09. The lowest BCUT2D eigenvalue weighted by molar-refractivity contribution is 0.371. The first-order chi connectivity index (χ1) is 11.1. The molecule has 0 saturated heterocycles. The quantitative estimate of drug-likeness (QED) is 0.627. The summed E-state index contributed by atoms with van der Waals surface area (Å²) in [5, 5.41) is 11.1. The van der Waals surface area contributed by atoms with Gasteiger partial charge in [0.1, 0.15) is 0 Å². The Bertz CT molecular complexity index is 636. The van der Waals surface area contributed by atoms with Crippen LogP contribution in [0.4, 0.5) is 0 Å². The zero-order chi connectivity index (χ0) is 16.7. The smallest absolute Gasteiger partial charge is 0.228 e. The number of aliphatic imine (C=N–C) groups is 1. The molecule has 0 aliphatic rings. The van der Waals surface area contributed by atoms with Crippen LogP contribution in [0.3, 0.4) is 0 Å². The van der Waals surface area contributed by atoms with Crippen molar-refractivity contribution in [1.29, 1.82) is 0 Å². The van der Waals surface area contributed by atoms with E-state index in [2.05, 4.69) is 25.8 Å². The minimum Gasteiger partial charge on any atom is -0.356 e. The van der Waals surface area contributed by atoms with Crippen LogP contribution in [0.15, 0.2) is 33.8 Å². The lowest BCUT2D eigenvalue weighted by atomic mass is 10.2. The minimum atomic E-state index is 0.272. The Kier molecular flexibility index (Phi) is 6.40. The summed E-state index contributed by atoms with van der Waals surface area (Å²) < 4.78 is 5.21. The first-order valence-corrected chi connectivity index (χ1v) is 7.97. The van der Waals surface area contributed by atoms with Crippen molar-refractivity contribution >= 4 is 17.6 Å². The van der Waals surface area contributed by atoms with Crippen molar-refractivity contribution in [1.82, 2.24) is 20.8 Å². The summed E-state index contributed by atoms with van der Waals surface area (Å²) >= 11 is 5.87. The van der Waals surface area contributed by atoms with Crippen LogP contribution in [0.1, 0.15) is 37.0 Å². The Hall–Kier alpha value is -2.08. The van der Waals surface area contributed by atoms with Crippen molar-refractivity contribution in [3.8, 4) is 0 Å². The number of benzene rings is 1. The minimum absolute atomic E-state index is 0.272. The van der Waals surface area contributed by atoms with Crippen LogP contribution in [0.25, 0.3) is 0 Å². The third-order valence-electron chi connectivity index (χ3n) is 3.23. The van der Waals surface area contributed by atoms with Crippen LogP contribution >= 0.6 is 11.6 Å². The van der Waals surface area contributed by atoms with E-state index < -0.39 is 0 Å². The maximum Gasteiger partial charge on any atom is 0.228 e. The normalized spacial score (nSPS) is 11.8. The van der Waals surface area contributed by atoms with Crippen molar-refractivity contribution in [3.05, 3.63) is 46.6 Å². The fourth-order valence-corrected chi connectivity index (χ4v) is 2.03. The average molecular weight is 336 g/mol. The van der Waals surface area contributed by atoms with Crippen molar-refractivity contribution in [2.24, 2.45) is 4.99 Å². The van der Waals surface area contributed by atoms with E-state index in [4.69, 9.17) is 16.1 Å². The van der Waals surface area contributed by atoms with Gasteiger partial charge in [0.15, 0.2) is 11.8 Å². The Morgan fingerprint density at radius 3 is 2.61 bits per heavy atom. The molecule has 0 aliphatic heterocycles. The Morgan fingerprint density at radius 2 is 2.00 bits per heavy atom. The second-order valence-electron chi connectivity index (χ2n) is 5.43. The maximum absolute atomic E-state index is 5.87. The molecule has 0 unspecified atom stereocenters. The number of hydrogen-bond acceptors (Lipinski definition) is 4. The molecule has 2 N–H and O–H groups in total. The molecular weight excluding hydrogens is 314 g/mol. The van der Waals surface area contributed by atoms with Crippen LogP contribution in [0, 0.1) is 0 Å². The average Bonchev–Trinajstić information content (AvgIpc) is 3.01. The molecule has 0 saturated carbocycles. The van der Waals surface area contributed by atoms with Gasteiger partial charge in [-0.1, -0.05) is 42.7 Å². The molecule has 2 aromatic rings. The second-order valence-corrected chi connectivity index (χ2v) is 5.87. The third-order valence-corrected chi connectivity index (χ3v) is 3.48. The summed E-state index contributed by atoms with van der Waals surface area (Å²) in [5.41, 5.74) is 1.14. The molecule has 1 aromatic heterocycles. The van der Waals surface area contributed by atoms with Crippen molar-refractivity contribution in [3.63, 3.8) is 0 Å². The van der Waals surface area contributed by atoms with Crippen molar-refractivity contribution in [2.75, 3.05) is 13.6 Å². The number of nitrogens with one attached hydrogen (secondary N) is 2. The molecule has 0 aliphatic carbocycles. The molecular formula is C16H22ClN5O. The summed E-state index contributed by atoms with van der Waals surface area (Å²) in [6.45, 7) is 5.42. The van der Waals surface area contributed by atoms with Crippen LogP contribution in [0.5, 0.6) is 0 Å². The SMILES string of the molecule is CN=C(NCCc1nc(C(C)C)no1)NCc1ccc(Cl)cc1. The van der Waals surface area contributed by atoms with Gasteiger partial charge < -0.3 is 15.2 Å². The fraction of sp³-hybridized carbons (Fsp3) is 0.438. The zero-order valence-corrected chi connectivity index (χ0v) is 14.4. The maximum atomic E-state index is 5.87. The molecule has 0 fully saturated rings. The standard InChI is InChI=1S/C16H22ClN5O/c1-11(2)15-21-14(23-22-15)8-9-19-16(18-3)20-10-12-4-6-13(17)7-5-12/h4-7,11H,8-10H2,1-3H3,(H2,18,19,20). The number of guanidine groups is 1. The highest BCUT2D eigenvalue weighted by molar-refractivity contribution is 6.30. The van der Waals surface area contributed by atoms with E-state index >= 15 is 0 Å². The number of nitrogens with zero attached hydrogens (tertiary/aromatic N) is 3. The van der Waals surface area contributed by atoms with Crippen LogP contribution in [-0.4, -0.2) is 29.7 Å². The van der Waals surface area contributed by atoms with Crippen molar-refractivity contribution in [2.45, 2.75) is 32.7 Å². The van der Waals surface area contributed by atoms with Gasteiger partial charge in [-0.15, -0.1) is 0 Å². The van der Waals surface area contributed by atoms with E-state index in [9.17, 15) is 0 Å². The summed E-state index contributed by atoms with van der Waals surface area (Å²) in [4.78, 5) is 8.53. The van der Waals surface area contributed by atoms with E-state index in [-0.39, 0.29) is 5.92 Å². The van der Waals surface area contributed by atoms with Gasteiger partial charge in [-0.2, -0.15) is 4.98 Å². The van der Waals surface area contributed by atoms with Gasteiger partial charge in [0, 0.05) is 37.5 Å². The van der Waals surface area contributed by atoms with Crippen LogP contribution in [0.2, 0.25) is 5.02 Å². The Balaban J connectivity index is 1.75. The lowest BCUT2D eigenvalue weighted by Crippen LogP contribution is -2.37. The zero-order valence-electron chi connectivity index (χ0n) is 13.6. The molecule has 1 heterocycles. The predicted molar refractivity (Wildman–Crippen MR) is 91.7 cm³/mol. The van der Waals surface area contributed by atoms with Gasteiger partial charge in [0.05, 0.1) is 0 Å². The fourth-order valence-electron chi connectivity index (χ4n) is 1.90. The third kappa shape index (κ3) is 5.56. The Morgan fingerprint density at radius 1 is 1.26 bits per heavy atom. The first-order valence-electron chi connectivity index (χ1n) is 7.60. The van der Waals surface area contributed by atoms with Gasteiger partial charge in [-0.05, 0) is 17.7 Å². The van der Waals surface area contributed by atoms with Crippen molar-refractivity contribution < 1.29 is 4.52 Å². The molecule has 23 heavy (non-hydrogen) atoms. The van der Waals surface area contributed by atoms with E-state index in [1.807, 2.05) is 38.1 Å². The van der Waals surface area contributed by atoms with Gasteiger partial charge in [0.25, 0.3) is 0 Å². The molecule has 124 valence electrons. The summed E-state index contributed by atoms with van der Waals surface area (Å²) in [6.07, 6.45) is 0.654. The van der Waals surface area contributed by atoms with E-state index in [1.165, 1.54) is 0 Å². The number of hydrogen-bond donors (Lipinski definition) is 2.